The van der Waals surface area contributed by atoms with Crippen LogP contribution in [0.15, 0.2) is 88.0 Å². The quantitative estimate of drug-likeness (QED) is 0.287. The Morgan fingerprint density at radius 3 is 2.73 bits per heavy atom. The first-order valence-electron chi connectivity index (χ1n) is 25.2. The van der Waals surface area contributed by atoms with Crippen molar-refractivity contribution < 1.29 is 24.2 Å². The molecule has 15 bridgehead atoms. The van der Waals surface area contributed by atoms with Crippen LogP contribution in [-0.4, -0.2) is 65.1 Å². The maximum absolute atomic E-state index is 16.0. The second-order valence-electron chi connectivity index (χ2n) is 22.1. The molecule has 3 spiro atoms. The molecule has 4 fully saturated rings. The highest BCUT2D eigenvalue weighted by atomic mass is 16.6. The van der Waals surface area contributed by atoms with Gasteiger partial charge in [-0.1, -0.05) is 91.9 Å². The number of aryl methyl sites for hydroxylation is 2. The van der Waals surface area contributed by atoms with Crippen LogP contribution in [0.5, 0.6) is 0 Å². The summed E-state index contributed by atoms with van der Waals surface area (Å²) in [4.78, 5) is 36.6. The van der Waals surface area contributed by atoms with E-state index in [2.05, 4.69) is 72.2 Å². The summed E-state index contributed by atoms with van der Waals surface area (Å²) in [6, 6.07) is 16.2. The van der Waals surface area contributed by atoms with Gasteiger partial charge in [-0.05, 0) is 136 Å². The van der Waals surface area contributed by atoms with Crippen LogP contribution >= 0.6 is 0 Å². The molecule has 0 radical (unpaired) electrons. The van der Waals surface area contributed by atoms with Crippen LogP contribution in [0, 0.1) is 46.3 Å². The van der Waals surface area contributed by atoms with E-state index < -0.39 is 16.4 Å². The van der Waals surface area contributed by atoms with E-state index in [4.69, 9.17) is 15.2 Å². The molecule has 9 heterocycles. The second kappa shape index (κ2) is 13.9. The van der Waals surface area contributed by atoms with E-state index in [1.807, 2.05) is 0 Å². The molecule has 3 N–H and O–H groups in total. The van der Waals surface area contributed by atoms with Crippen molar-refractivity contribution in [3.05, 3.63) is 116 Å². The lowest BCUT2D eigenvalue weighted by Gasteiger charge is -2.71. The van der Waals surface area contributed by atoms with Crippen molar-refractivity contribution in [2.24, 2.45) is 52.1 Å². The first-order chi connectivity index (χ1) is 30.7. The Bertz CT molecular complexity index is 2480. The molecule has 2 aromatic rings. The first kappa shape index (κ1) is 39.2. The number of carbonyl (C=O) groups is 2. The maximum atomic E-state index is 16.0. The molecule has 330 valence electrons. The summed E-state index contributed by atoms with van der Waals surface area (Å²) in [5.74, 6) is 1.89. The molecule has 0 aromatic heterocycles. The third-order valence-electron chi connectivity index (χ3n) is 19.2. The van der Waals surface area contributed by atoms with Crippen molar-refractivity contribution in [1.29, 1.82) is 0 Å². The van der Waals surface area contributed by atoms with Gasteiger partial charge in [0, 0.05) is 61.2 Å². The molecule has 12 atom stereocenters. The smallest absolute Gasteiger partial charge is 0.339 e. The van der Waals surface area contributed by atoms with Crippen LogP contribution in [0.2, 0.25) is 0 Å². The Balaban J connectivity index is 1.13. The molecule has 16 rings (SSSR count). The number of esters is 2. The maximum Gasteiger partial charge on any atom is 0.339 e. The van der Waals surface area contributed by atoms with Crippen LogP contribution in [-0.2, 0) is 39.1 Å². The van der Waals surface area contributed by atoms with E-state index in [1.165, 1.54) is 41.5 Å². The van der Waals surface area contributed by atoms with E-state index in [1.54, 1.807) is 11.3 Å². The van der Waals surface area contributed by atoms with Crippen molar-refractivity contribution in [3.8, 4) is 0 Å². The lowest BCUT2D eigenvalue weighted by molar-refractivity contribution is -0.276. The molecule has 3 saturated heterocycles. The molecule has 1 saturated carbocycles. The molecule has 8 nitrogen and oxygen atoms in total. The fraction of sp³-hybridized carbons (Fsp3) is 0.600. The Morgan fingerprint density at radius 1 is 0.984 bits per heavy atom. The number of rotatable bonds is 5. The molecular weight excluding hydrogens is 783 g/mol. The van der Waals surface area contributed by atoms with E-state index >= 15 is 4.79 Å². The predicted molar refractivity (Wildman–Crippen MR) is 241 cm³/mol. The monoisotopic (exact) mass is 847 g/mol. The minimum atomic E-state index is -1.16. The normalized spacial score (nSPS) is 40.3. The number of fused-ring (bicyclic) bond motifs is 6. The number of aliphatic hydroxyl groups is 1. The summed E-state index contributed by atoms with van der Waals surface area (Å²) < 4.78 is 14.2. The minimum Gasteiger partial charge on any atom is -0.509 e. The molecular formula is C55H65N3O5. The van der Waals surface area contributed by atoms with Gasteiger partial charge in [-0.25, -0.2) is 4.79 Å². The molecule has 8 heteroatoms. The van der Waals surface area contributed by atoms with Crippen LogP contribution in [0.25, 0.3) is 0 Å². The Kier molecular flexibility index (Phi) is 8.68. The van der Waals surface area contributed by atoms with Gasteiger partial charge >= 0.3 is 11.9 Å². The third kappa shape index (κ3) is 4.90. The van der Waals surface area contributed by atoms with Gasteiger partial charge in [0.2, 0.25) is 0 Å². The molecule has 9 aliphatic heterocycles. The zero-order chi connectivity index (χ0) is 42.6. The van der Waals surface area contributed by atoms with Crippen LogP contribution in [0.3, 0.4) is 0 Å². The largest absolute Gasteiger partial charge is 0.509 e. The van der Waals surface area contributed by atoms with E-state index in [9.17, 15) is 9.90 Å². The number of hydrogen-bond donors (Lipinski definition) is 2. The third-order valence-corrected chi connectivity index (χ3v) is 19.2. The highest BCUT2D eigenvalue weighted by Crippen LogP contribution is 2.87. The Labute approximate surface area is 373 Å². The van der Waals surface area contributed by atoms with Gasteiger partial charge in [0.15, 0.2) is 11.4 Å². The summed E-state index contributed by atoms with van der Waals surface area (Å²) in [5.41, 5.74) is 15.3. The van der Waals surface area contributed by atoms with Gasteiger partial charge in [0.05, 0.1) is 11.0 Å². The van der Waals surface area contributed by atoms with E-state index in [0.29, 0.717) is 73.3 Å². The topological polar surface area (TPSA) is 105 Å². The van der Waals surface area contributed by atoms with Crippen molar-refractivity contribution in [3.63, 3.8) is 0 Å². The molecule has 5 aliphatic carbocycles. The van der Waals surface area contributed by atoms with Crippen molar-refractivity contribution in [1.82, 2.24) is 9.80 Å². The lowest BCUT2D eigenvalue weighted by Crippen LogP contribution is -2.77. The first-order valence-corrected chi connectivity index (χ1v) is 25.2. The van der Waals surface area contributed by atoms with Crippen molar-refractivity contribution in [2.75, 3.05) is 26.2 Å². The average molecular weight is 848 g/mol. The number of piperidine rings is 2. The number of nitrogens with zero attached hydrogens (tertiary/aromatic N) is 2. The summed E-state index contributed by atoms with van der Waals surface area (Å²) in [7, 11) is 0. The van der Waals surface area contributed by atoms with Gasteiger partial charge in [-0.2, -0.15) is 0 Å². The van der Waals surface area contributed by atoms with Gasteiger partial charge in [0.25, 0.3) is 0 Å². The lowest BCUT2D eigenvalue weighted by atomic mass is 9.29. The molecule has 0 amide bonds. The highest BCUT2D eigenvalue weighted by Gasteiger charge is 2.93. The minimum absolute atomic E-state index is 0.127. The summed E-state index contributed by atoms with van der Waals surface area (Å²) in [6.07, 6.45) is 17.0. The highest BCUT2D eigenvalue weighted by molar-refractivity contribution is 6.00. The number of benzene rings is 2. The predicted octanol–water partition coefficient (Wildman–Crippen LogP) is 9.39. The average Bonchev–Trinajstić information content (AvgIpc) is 3.73. The van der Waals surface area contributed by atoms with Gasteiger partial charge in [-0.15, -0.1) is 0 Å². The van der Waals surface area contributed by atoms with Crippen molar-refractivity contribution >= 4 is 11.9 Å². The SMILES string of the molecule is CCC[C@@H]1CC(O)=C2OC(=O)[C@@]34C5=C6CC[C@@]23[C@]2(OC(=O)c3c(CCCN)cccc32)[C@H]4CCCCc2cccc(c2)CC(=C5)[C@@H]2[C@@H]6C3=C(CC[C@H]4[C@H]5C[C@H](CN1C5)CN34)C[C@@H]2C. The fourth-order valence-corrected chi connectivity index (χ4v) is 17.4. The van der Waals surface area contributed by atoms with Crippen LogP contribution in [0.4, 0.5) is 0 Å². The van der Waals surface area contributed by atoms with Gasteiger partial charge in [-0.3, -0.25) is 9.69 Å². The fourth-order valence-electron chi connectivity index (χ4n) is 17.4. The number of allylic oxidation sites excluding steroid dienone is 4. The standard InChI is InChI=1S/C55H65N3O5/c1-3-9-39-27-44(59)50-53-20-19-40-42-26-37(46-31(2)22-36-17-18-43-38-25-34(28-57(39)30-38)29-58(43)49(36)48(40)46)24-33-12-6-11-32(23-33)10-4-5-16-45(54(42,53)52(61)62-50)55(53)41-15-7-13-35(14-8-21-56)47(41)51(60)63-55/h6-7,11-13,15,23,26,31,34,38-39,43,45-46,48,59H,3-5,8-10,14,16-22,24-25,27-30,56H2,1-2H3/t31-,34+,38-,39+,43-,45-,46+,48+,53+,54-,55+/m0/s1. The van der Waals surface area contributed by atoms with Gasteiger partial charge in [0.1, 0.15) is 11.2 Å². The van der Waals surface area contributed by atoms with Gasteiger partial charge < -0.3 is 25.2 Å². The molecule has 14 aliphatic rings. The molecule has 63 heavy (non-hydrogen) atoms. The Hall–Kier alpha value is -4.14. The van der Waals surface area contributed by atoms with Crippen LogP contribution in [0.1, 0.15) is 130 Å². The Morgan fingerprint density at radius 2 is 1.86 bits per heavy atom. The number of nitrogens with two attached hydrogens (primary N) is 1. The second-order valence-corrected chi connectivity index (χ2v) is 22.1. The summed E-state index contributed by atoms with van der Waals surface area (Å²) in [6.45, 7) is 8.49. The number of ether oxygens (including phenoxy) is 2. The summed E-state index contributed by atoms with van der Waals surface area (Å²) >= 11 is 0. The zero-order valence-corrected chi connectivity index (χ0v) is 37.4. The van der Waals surface area contributed by atoms with E-state index in [0.717, 1.165) is 94.1 Å². The summed E-state index contributed by atoms with van der Waals surface area (Å²) in [5, 5.41) is 13.1. The van der Waals surface area contributed by atoms with Crippen molar-refractivity contribution in [2.45, 2.75) is 134 Å². The zero-order valence-electron chi connectivity index (χ0n) is 37.4. The van der Waals surface area contributed by atoms with Crippen LogP contribution < -0.4 is 5.73 Å². The molecule has 1 unspecified atom stereocenters. The number of carbonyl (C=O) groups excluding carboxylic acids is 2. The van der Waals surface area contributed by atoms with E-state index in [-0.39, 0.29) is 35.6 Å². The molecule has 2 aromatic carbocycles. The number of aliphatic hydroxyl groups excluding tert-OH is 1. The number of hydrogen-bond acceptors (Lipinski definition) is 8.